The highest BCUT2D eigenvalue weighted by atomic mass is 32.1. The van der Waals surface area contributed by atoms with Crippen molar-refractivity contribution in [3.05, 3.63) is 23.0 Å². The van der Waals surface area contributed by atoms with Gasteiger partial charge in [0, 0.05) is 18.8 Å². The van der Waals surface area contributed by atoms with E-state index in [4.69, 9.17) is 12.2 Å². The second-order valence-corrected chi connectivity index (χ2v) is 4.76. The lowest BCUT2D eigenvalue weighted by atomic mass is 10.1. The minimum Gasteiger partial charge on any atom is -0.371 e. The molecule has 0 amide bonds. The molecule has 0 unspecified atom stereocenters. The van der Waals surface area contributed by atoms with E-state index >= 15 is 0 Å². The summed E-state index contributed by atoms with van der Waals surface area (Å²) >= 11 is 5.09. The molecule has 1 saturated heterocycles. The number of anilines is 1. The Morgan fingerprint density at radius 2 is 1.75 bits per heavy atom. The number of benzene rings is 1. The molecule has 16 heavy (non-hydrogen) atoms. The van der Waals surface area contributed by atoms with Crippen molar-refractivity contribution in [2.45, 2.75) is 19.3 Å². The monoisotopic (exact) mass is 233 g/mol. The Balaban J connectivity index is 2.00. The van der Waals surface area contributed by atoms with E-state index in [1.54, 1.807) is 0 Å². The van der Waals surface area contributed by atoms with Crippen LogP contribution in [-0.4, -0.2) is 23.1 Å². The summed E-state index contributed by atoms with van der Waals surface area (Å²) in [5.74, 6) is 0. The number of piperidine rings is 1. The number of fused-ring (bicyclic) bond motifs is 1. The van der Waals surface area contributed by atoms with Crippen LogP contribution in [0.5, 0.6) is 0 Å². The third-order valence-corrected chi connectivity index (χ3v) is 3.42. The molecule has 0 aliphatic carbocycles. The van der Waals surface area contributed by atoms with Gasteiger partial charge < -0.3 is 14.9 Å². The summed E-state index contributed by atoms with van der Waals surface area (Å²) in [6, 6.07) is 6.46. The summed E-state index contributed by atoms with van der Waals surface area (Å²) < 4.78 is 0.700. The van der Waals surface area contributed by atoms with E-state index in [0.717, 1.165) is 11.0 Å². The molecule has 0 atom stereocenters. The van der Waals surface area contributed by atoms with Crippen LogP contribution in [0.2, 0.25) is 0 Å². The minimum atomic E-state index is 0.700. The molecule has 84 valence electrons. The maximum Gasteiger partial charge on any atom is 0.175 e. The molecule has 0 bridgehead atoms. The molecule has 0 radical (unpaired) electrons. The van der Waals surface area contributed by atoms with E-state index in [9.17, 15) is 0 Å². The first-order valence-electron chi connectivity index (χ1n) is 5.80. The molecule has 3 nitrogen and oxygen atoms in total. The summed E-state index contributed by atoms with van der Waals surface area (Å²) in [4.78, 5) is 8.75. The highest BCUT2D eigenvalue weighted by Gasteiger charge is 2.11. The van der Waals surface area contributed by atoms with Gasteiger partial charge in [0.2, 0.25) is 0 Å². The zero-order chi connectivity index (χ0) is 11.0. The normalized spacial score (nSPS) is 16.9. The van der Waals surface area contributed by atoms with Gasteiger partial charge in [-0.25, -0.2) is 0 Å². The smallest absolute Gasteiger partial charge is 0.175 e. The number of rotatable bonds is 1. The Morgan fingerprint density at radius 3 is 2.56 bits per heavy atom. The number of hydrogen-bond acceptors (Lipinski definition) is 2. The summed E-state index contributed by atoms with van der Waals surface area (Å²) in [7, 11) is 0. The fourth-order valence-electron chi connectivity index (χ4n) is 2.37. The molecule has 2 N–H and O–H groups in total. The van der Waals surface area contributed by atoms with Crippen LogP contribution in [0, 0.1) is 4.77 Å². The van der Waals surface area contributed by atoms with Crippen LogP contribution in [0.3, 0.4) is 0 Å². The standard InChI is InChI=1S/C12H15N3S/c16-12-13-10-5-4-9(8-11(10)14-12)15-6-2-1-3-7-15/h4-5,8H,1-3,6-7H2,(H2,13,14,16). The lowest BCUT2D eigenvalue weighted by Gasteiger charge is -2.28. The van der Waals surface area contributed by atoms with Crippen LogP contribution < -0.4 is 4.90 Å². The number of aromatic amines is 2. The first kappa shape index (κ1) is 9.90. The number of nitrogens with zero attached hydrogens (tertiary/aromatic N) is 1. The lowest BCUT2D eigenvalue weighted by Crippen LogP contribution is -2.29. The van der Waals surface area contributed by atoms with Crippen LogP contribution in [0.25, 0.3) is 11.0 Å². The fourth-order valence-corrected chi connectivity index (χ4v) is 2.59. The summed E-state index contributed by atoms with van der Waals surface area (Å²) in [5, 5.41) is 0. The lowest BCUT2D eigenvalue weighted by molar-refractivity contribution is 0.578. The molecule has 1 aliphatic heterocycles. The van der Waals surface area contributed by atoms with Gasteiger partial charge in [0.25, 0.3) is 0 Å². The Morgan fingerprint density at radius 1 is 1.00 bits per heavy atom. The molecular weight excluding hydrogens is 218 g/mol. The van der Waals surface area contributed by atoms with Crippen LogP contribution in [-0.2, 0) is 0 Å². The highest BCUT2D eigenvalue weighted by Crippen LogP contribution is 2.23. The van der Waals surface area contributed by atoms with Crippen molar-refractivity contribution in [1.29, 1.82) is 0 Å². The molecule has 0 spiro atoms. The van der Waals surface area contributed by atoms with Gasteiger partial charge in [-0.2, -0.15) is 0 Å². The Hall–Kier alpha value is -1.29. The fraction of sp³-hybridized carbons (Fsp3) is 0.417. The second kappa shape index (κ2) is 3.94. The average molecular weight is 233 g/mol. The highest BCUT2D eigenvalue weighted by molar-refractivity contribution is 7.71. The van der Waals surface area contributed by atoms with Crippen LogP contribution in [0.1, 0.15) is 19.3 Å². The quantitative estimate of drug-likeness (QED) is 0.742. The van der Waals surface area contributed by atoms with Crippen LogP contribution >= 0.6 is 12.2 Å². The van der Waals surface area contributed by atoms with Crippen molar-refractivity contribution in [3.63, 3.8) is 0 Å². The minimum absolute atomic E-state index is 0.700. The zero-order valence-corrected chi connectivity index (χ0v) is 9.94. The Labute approximate surface area is 99.5 Å². The van der Waals surface area contributed by atoms with Crippen LogP contribution in [0.15, 0.2) is 18.2 Å². The Kier molecular flexibility index (Phi) is 2.44. The topological polar surface area (TPSA) is 34.8 Å². The zero-order valence-electron chi connectivity index (χ0n) is 9.12. The molecule has 3 rings (SSSR count). The maximum atomic E-state index is 5.09. The van der Waals surface area contributed by atoms with E-state index < -0.39 is 0 Å². The number of imidazole rings is 1. The van der Waals surface area contributed by atoms with Crippen molar-refractivity contribution < 1.29 is 0 Å². The van der Waals surface area contributed by atoms with Crippen molar-refractivity contribution in [2.75, 3.05) is 18.0 Å². The molecule has 1 aliphatic rings. The number of nitrogens with one attached hydrogen (secondary N) is 2. The van der Waals surface area contributed by atoms with Gasteiger partial charge in [0.05, 0.1) is 11.0 Å². The number of aromatic nitrogens is 2. The summed E-state index contributed by atoms with van der Waals surface area (Å²) in [5.41, 5.74) is 3.50. The molecule has 1 fully saturated rings. The van der Waals surface area contributed by atoms with Gasteiger partial charge in [-0.05, 0) is 49.7 Å². The molecular formula is C12H15N3S. The van der Waals surface area contributed by atoms with Gasteiger partial charge in [-0.3, -0.25) is 0 Å². The molecule has 1 aromatic heterocycles. The van der Waals surface area contributed by atoms with E-state index in [-0.39, 0.29) is 0 Å². The van der Waals surface area contributed by atoms with Gasteiger partial charge >= 0.3 is 0 Å². The molecule has 0 saturated carbocycles. The largest absolute Gasteiger partial charge is 0.371 e. The van der Waals surface area contributed by atoms with Crippen molar-refractivity contribution in [1.82, 2.24) is 9.97 Å². The SMILES string of the molecule is S=c1[nH]c2ccc(N3CCCCC3)cc2[nH]1. The summed E-state index contributed by atoms with van der Waals surface area (Å²) in [6.07, 6.45) is 3.98. The third kappa shape index (κ3) is 1.73. The number of hydrogen-bond donors (Lipinski definition) is 2. The van der Waals surface area contributed by atoms with Crippen LogP contribution in [0.4, 0.5) is 5.69 Å². The summed E-state index contributed by atoms with van der Waals surface area (Å²) in [6.45, 7) is 2.35. The molecule has 2 aromatic rings. The van der Waals surface area contributed by atoms with Crippen molar-refractivity contribution >= 4 is 28.9 Å². The molecule has 2 heterocycles. The second-order valence-electron chi connectivity index (χ2n) is 4.36. The predicted molar refractivity (Wildman–Crippen MR) is 69.5 cm³/mol. The number of H-pyrrole nitrogens is 2. The molecule has 1 aromatic carbocycles. The van der Waals surface area contributed by atoms with Crippen molar-refractivity contribution in [2.24, 2.45) is 0 Å². The van der Waals surface area contributed by atoms with E-state index in [1.165, 1.54) is 38.0 Å². The van der Waals surface area contributed by atoms with Gasteiger partial charge in [0.15, 0.2) is 4.77 Å². The van der Waals surface area contributed by atoms with E-state index in [1.807, 2.05) is 0 Å². The molecule has 4 heteroatoms. The predicted octanol–water partition coefficient (Wildman–Crippen LogP) is 3.22. The van der Waals surface area contributed by atoms with Gasteiger partial charge in [0.1, 0.15) is 0 Å². The first-order valence-corrected chi connectivity index (χ1v) is 6.21. The third-order valence-electron chi connectivity index (χ3n) is 3.22. The van der Waals surface area contributed by atoms with Gasteiger partial charge in [-0.15, -0.1) is 0 Å². The van der Waals surface area contributed by atoms with E-state index in [2.05, 4.69) is 33.1 Å². The Bertz CT molecular complexity index is 549. The maximum absolute atomic E-state index is 5.09. The first-order chi connectivity index (χ1) is 7.83. The van der Waals surface area contributed by atoms with Crippen molar-refractivity contribution in [3.8, 4) is 0 Å². The van der Waals surface area contributed by atoms with E-state index in [0.29, 0.717) is 4.77 Å². The van der Waals surface area contributed by atoms with Gasteiger partial charge in [-0.1, -0.05) is 0 Å². The average Bonchev–Trinajstić information content (AvgIpc) is 2.69.